The van der Waals surface area contributed by atoms with E-state index in [-0.39, 0.29) is 29.8 Å². The molecule has 2 atom stereocenters. The maximum absolute atomic E-state index is 11.5. The van der Waals surface area contributed by atoms with E-state index in [1.807, 2.05) is 12.1 Å². The number of hydrogen-bond acceptors (Lipinski definition) is 4. The van der Waals surface area contributed by atoms with Crippen LogP contribution in [0.5, 0.6) is 5.75 Å². The molecule has 0 spiro atoms. The monoisotopic (exact) mass is 438 g/mol. The van der Waals surface area contributed by atoms with Crippen LogP contribution in [-0.4, -0.2) is 34.8 Å². The first-order valence-corrected chi connectivity index (χ1v) is 11.9. The second kappa shape index (κ2) is 11.0. The number of phenols is 1. The predicted molar refractivity (Wildman–Crippen MR) is 129 cm³/mol. The summed E-state index contributed by atoms with van der Waals surface area (Å²) in [6.07, 6.45) is 5.43. The molecule has 174 valence electrons. The van der Waals surface area contributed by atoms with Gasteiger partial charge in [0, 0.05) is 25.0 Å². The highest BCUT2D eigenvalue weighted by atomic mass is 16.3. The van der Waals surface area contributed by atoms with Gasteiger partial charge in [0.05, 0.1) is 6.10 Å². The zero-order chi connectivity index (χ0) is 23.1. The van der Waals surface area contributed by atoms with Crippen LogP contribution >= 0.6 is 0 Å². The number of aliphatic hydroxyl groups is 1. The largest absolute Gasteiger partial charge is 0.508 e. The van der Waals surface area contributed by atoms with Crippen LogP contribution in [0.2, 0.25) is 0 Å². The van der Waals surface area contributed by atoms with Crippen molar-refractivity contribution in [1.29, 1.82) is 0 Å². The molecule has 32 heavy (non-hydrogen) atoms. The Bertz CT molecular complexity index is 873. The molecule has 0 heterocycles. The first kappa shape index (κ1) is 24.3. The molecule has 1 saturated carbocycles. The number of carbonyl (C=O) groups excluding carboxylic acids is 1. The number of phenolic OH excluding ortho intramolecular Hbond substituents is 1. The number of aromatic hydroxyl groups is 1. The molecule has 1 amide bonds. The molecule has 0 bridgehead atoms. The van der Waals surface area contributed by atoms with Crippen LogP contribution in [0.3, 0.4) is 0 Å². The maximum atomic E-state index is 11.5. The highest BCUT2D eigenvalue weighted by molar-refractivity contribution is 5.72. The molecule has 1 aliphatic carbocycles. The van der Waals surface area contributed by atoms with Crippen LogP contribution in [0.15, 0.2) is 48.5 Å². The Labute approximate surface area is 192 Å². The second-order valence-electron chi connectivity index (χ2n) is 9.55. The summed E-state index contributed by atoms with van der Waals surface area (Å²) in [5, 5.41) is 27.4. The van der Waals surface area contributed by atoms with E-state index in [1.165, 1.54) is 24.5 Å². The first-order chi connectivity index (χ1) is 15.3. The van der Waals surface area contributed by atoms with Gasteiger partial charge in [-0.2, -0.15) is 0 Å². The van der Waals surface area contributed by atoms with Gasteiger partial charge in [0.1, 0.15) is 5.75 Å². The zero-order valence-corrected chi connectivity index (χ0v) is 19.6. The van der Waals surface area contributed by atoms with Crippen LogP contribution in [0.25, 0.3) is 0 Å². The van der Waals surface area contributed by atoms with E-state index in [4.69, 9.17) is 0 Å². The van der Waals surface area contributed by atoms with E-state index in [1.54, 1.807) is 12.1 Å². The summed E-state index contributed by atoms with van der Waals surface area (Å²) in [6.45, 7) is 6.10. The molecular weight excluding hydrogens is 400 g/mol. The Morgan fingerprint density at radius 1 is 1.06 bits per heavy atom. The topological polar surface area (TPSA) is 81.6 Å². The van der Waals surface area contributed by atoms with Crippen molar-refractivity contribution in [3.63, 3.8) is 0 Å². The minimum Gasteiger partial charge on any atom is -0.508 e. The van der Waals surface area contributed by atoms with Crippen molar-refractivity contribution in [2.24, 2.45) is 0 Å². The Balaban J connectivity index is 1.92. The van der Waals surface area contributed by atoms with Crippen LogP contribution in [-0.2, 0) is 16.8 Å². The minimum absolute atomic E-state index is 0.149. The standard InChI is InChI=1S/C27H38N2O3/c1-19(2)22-8-7-9-23(17-22)27(14-5-4-6-15-27)29-25(26(32)18-28-20(3)30)16-21-10-12-24(31)13-11-21/h7-13,17,19,25-26,29,31-32H,4-6,14-16,18H2,1-3H3,(H,28,30)/t25?,26-/m1/s1. The fourth-order valence-electron chi connectivity index (χ4n) is 4.78. The number of benzene rings is 2. The molecule has 5 heteroatoms. The van der Waals surface area contributed by atoms with E-state index >= 15 is 0 Å². The summed E-state index contributed by atoms with van der Waals surface area (Å²) in [5.41, 5.74) is 3.43. The van der Waals surface area contributed by atoms with Gasteiger partial charge < -0.3 is 20.8 Å². The van der Waals surface area contributed by atoms with E-state index in [2.05, 4.69) is 48.7 Å². The van der Waals surface area contributed by atoms with Crippen LogP contribution in [0.4, 0.5) is 0 Å². The lowest BCUT2D eigenvalue weighted by Crippen LogP contribution is -2.56. The summed E-state index contributed by atoms with van der Waals surface area (Å²) < 4.78 is 0. The molecule has 1 unspecified atom stereocenters. The van der Waals surface area contributed by atoms with Gasteiger partial charge in [-0.3, -0.25) is 4.79 Å². The molecule has 0 saturated heterocycles. The van der Waals surface area contributed by atoms with Gasteiger partial charge in [0.25, 0.3) is 0 Å². The number of aliphatic hydroxyl groups excluding tert-OH is 1. The summed E-state index contributed by atoms with van der Waals surface area (Å²) in [6, 6.07) is 15.7. The minimum atomic E-state index is -0.736. The third-order valence-electron chi connectivity index (χ3n) is 6.69. The first-order valence-electron chi connectivity index (χ1n) is 11.9. The number of rotatable bonds is 9. The van der Waals surface area contributed by atoms with Gasteiger partial charge >= 0.3 is 0 Å². The van der Waals surface area contributed by atoms with Gasteiger partial charge in [-0.1, -0.05) is 69.5 Å². The molecule has 2 aromatic carbocycles. The fraction of sp³-hybridized carbons (Fsp3) is 0.519. The molecule has 5 nitrogen and oxygen atoms in total. The summed E-state index contributed by atoms with van der Waals surface area (Å²) in [7, 11) is 0. The van der Waals surface area contributed by atoms with Crippen molar-refractivity contribution < 1.29 is 15.0 Å². The Morgan fingerprint density at radius 3 is 2.38 bits per heavy atom. The van der Waals surface area contributed by atoms with E-state index in [0.717, 1.165) is 31.2 Å². The normalized spacial score (nSPS) is 17.7. The summed E-state index contributed by atoms with van der Waals surface area (Å²) in [4.78, 5) is 11.5. The molecule has 2 aromatic rings. The number of nitrogens with one attached hydrogen (secondary N) is 2. The predicted octanol–water partition coefficient (Wildman–Crippen LogP) is 4.37. The number of carbonyl (C=O) groups is 1. The molecule has 0 aromatic heterocycles. The highest BCUT2D eigenvalue weighted by Gasteiger charge is 2.37. The average molecular weight is 439 g/mol. The molecule has 0 aliphatic heterocycles. The Morgan fingerprint density at radius 2 is 1.75 bits per heavy atom. The van der Waals surface area contributed by atoms with Crippen molar-refractivity contribution in [3.8, 4) is 5.75 Å². The molecule has 1 fully saturated rings. The number of hydrogen-bond donors (Lipinski definition) is 4. The van der Waals surface area contributed by atoms with Crippen molar-refractivity contribution in [3.05, 3.63) is 65.2 Å². The van der Waals surface area contributed by atoms with Gasteiger partial charge in [0.15, 0.2) is 0 Å². The summed E-state index contributed by atoms with van der Waals surface area (Å²) in [5.74, 6) is 0.532. The van der Waals surface area contributed by atoms with Crippen molar-refractivity contribution in [1.82, 2.24) is 10.6 Å². The molecule has 1 aliphatic rings. The lowest BCUT2D eigenvalue weighted by atomic mass is 9.75. The third kappa shape index (κ3) is 6.33. The van der Waals surface area contributed by atoms with E-state index < -0.39 is 6.10 Å². The molecule has 3 rings (SSSR count). The maximum Gasteiger partial charge on any atom is 0.216 e. The lowest BCUT2D eigenvalue weighted by Gasteiger charge is -2.43. The molecular formula is C27H38N2O3. The summed E-state index contributed by atoms with van der Waals surface area (Å²) >= 11 is 0. The highest BCUT2D eigenvalue weighted by Crippen LogP contribution is 2.39. The third-order valence-corrected chi connectivity index (χ3v) is 6.69. The van der Waals surface area contributed by atoms with Gasteiger partial charge in [0.2, 0.25) is 5.91 Å². The molecule has 0 radical (unpaired) electrons. The lowest BCUT2D eigenvalue weighted by molar-refractivity contribution is -0.119. The molecule has 4 N–H and O–H groups in total. The quantitative estimate of drug-likeness (QED) is 0.469. The fourth-order valence-corrected chi connectivity index (χ4v) is 4.78. The SMILES string of the molecule is CC(=O)NC[C@@H](O)C(Cc1ccc(O)cc1)NC1(c2cccc(C(C)C)c2)CCCCC1. The zero-order valence-electron chi connectivity index (χ0n) is 19.6. The van der Waals surface area contributed by atoms with Gasteiger partial charge in [-0.25, -0.2) is 0 Å². The van der Waals surface area contributed by atoms with Crippen molar-refractivity contribution >= 4 is 5.91 Å². The average Bonchev–Trinajstić information content (AvgIpc) is 2.79. The Kier molecular flexibility index (Phi) is 8.32. The van der Waals surface area contributed by atoms with E-state index in [0.29, 0.717) is 12.3 Å². The Hall–Kier alpha value is -2.37. The van der Waals surface area contributed by atoms with Crippen LogP contribution in [0, 0.1) is 0 Å². The van der Waals surface area contributed by atoms with Crippen LogP contribution in [0.1, 0.15) is 75.5 Å². The van der Waals surface area contributed by atoms with Gasteiger partial charge in [-0.05, 0) is 54.0 Å². The van der Waals surface area contributed by atoms with Crippen molar-refractivity contribution in [2.75, 3.05) is 6.54 Å². The van der Waals surface area contributed by atoms with Crippen molar-refractivity contribution in [2.45, 2.75) is 82.9 Å². The second-order valence-corrected chi connectivity index (χ2v) is 9.55. The van der Waals surface area contributed by atoms with Crippen LogP contribution < -0.4 is 10.6 Å². The van der Waals surface area contributed by atoms with E-state index in [9.17, 15) is 15.0 Å². The number of amides is 1. The van der Waals surface area contributed by atoms with Gasteiger partial charge in [-0.15, -0.1) is 0 Å². The smallest absolute Gasteiger partial charge is 0.216 e.